The van der Waals surface area contributed by atoms with Gasteiger partial charge in [0.25, 0.3) is 5.91 Å². The molecule has 1 aromatic carbocycles. The Balaban J connectivity index is 2.91. The summed E-state index contributed by atoms with van der Waals surface area (Å²) in [5.41, 5.74) is 2.46. The fourth-order valence-corrected chi connectivity index (χ4v) is 1.74. The lowest BCUT2D eigenvalue weighted by Gasteiger charge is -2.33. The van der Waals surface area contributed by atoms with E-state index in [1.807, 2.05) is 27.7 Å². The van der Waals surface area contributed by atoms with E-state index in [0.29, 0.717) is 17.0 Å². The highest BCUT2D eigenvalue weighted by Crippen LogP contribution is 2.13. The number of unbranched alkanes of at least 4 members (excludes halogenated alkanes) is 1. The first-order valence-corrected chi connectivity index (χ1v) is 7.53. The summed E-state index contributed by atoms with van der Waals surface area (Å²) in [6.07, 6.45) is 1.53. The normalized spacial score (nSPS) is 10.4. The second kappa shape index (κ2) is 7.86. The van der Waals surface area contributed by atoms with Crippen LogP contribution in [-0.2, 0) is 4.79 Å². The van der Waals surface area contributed by atoms with Crippen LogP contribution >= 0.6 is 11.6 Å². The van der Waals surface area contributed by atoms with Crippen molar-refractivity contribution in [1.82, 2.24) is 10.4 Å². The summed E-state index contributed by atoms with van der Waals surface area (Å²) in [4.78, 5) is 24.5. The van der Waals surface area contributed by atoms with Crippen LogP contribution in [0.1, 0.15) is 50.9 Å². The fraction of sp³-hybridized carbons (Fsp3) is 0.412. The van der Waals surface area contributed by atoms with E-state index in [4.69, 9.17) is 11.6 Å². The van der Waals surface area contributed by atoms with Crippen molar-refractivity contribution < 1.29 is 9.59 Å². The van der Waals surface area contributed by atoms with Crippen LogP contribution < -0.4 is 5.43 Å². The Kier molecular flexibility index (Phi) is 6.45. The highest BCUT2D eigenvalue weighted by Gasteiger charge is 2.27. The summed E-state index contributed by atoms with van der Waals surface area (Å²) in [7, 11) is 0. The van der Waals surface area contributed by atoms with E-state index in [1.165, 1.54) is 5.01 Å². The summed E-state index contributed by atoms with van der Waals surface area (Å²) in [5, 5.41) is 1.80. The van der Waals surface area contributed by atoms with Crippen LogP contribution in [0.15, 0.2) is 24.3 Å². The molecule has 5 heteroatoms. The minimum Gasteiger partial charge on any atom is -0.267 e. The molecule has 22 heavy (non-hydrogen) atoms. The Hall–Kier alpha value is -1.99. The number of rotatable bonds is 2. The van der Waals surface area contributed by atoms with Gasteiger partial charge in [0.15, 0.2) is 0 Å². The summed E-state index contributed by atoms with van der Waals surface area (Å²) in [6.45, 7) is 7.47. The number of amides is 2. The van der Waals surface area contributed by atoms with Gasteiger partial charge in [-0.05, 0) is 57.4 Å². The van der Waals surface area contributed by atoms with E-state index in [2.05, 4.69) is 17.3 Å². The van der Waals surface area contributed by atoms with Crippen molar-refractivity contribution >= 4 is 23.4 Å². The predicted molar refractivity (Wildman–Crippen MR) is 88.2 cm³/mol. The maximum atomic E-state index is 12.3. The third kappa shape index (κ3) is 5.42. The van der Waals surface area contributed by atoms with Gasteiger partial charge in [-0.1, -0.05) is 24.4 Å². The Labute approximate surface area is 136 Å². The zero-order chi connectivity index (χ0) is 16.8. The molecule has 0 spiro atoms. The molecule has 1 aromatic rings. The molecule has 0 aromatic heterocycles. The van der Waals surface area contributed by atoms with Gasteiger partial charge in [0.1, 0.15) is 0 Å². The molecule has 2 amide bonds. The third-order valence-electron chi connectivity index (χ3n) is 2.76. The molecule has 0 atom stereocenters. The van der Waals surface area contributed by atoms with Crippen molar-refractivity contribution in [3.8, 4) is 11.8 Å². The Bertz CT molecular complexity index is 592. The van der Waals surface area contributed by atoms with E-state index in [9.17, 15) is 9.59 Å². The molecule has 0 saturated carbocycles. The van der Waals surface area contributed by atoms with E-state index < -0.39 is 11.4 Å². The molecule has 0 aliphatic heterocycles. The smallest absolute Gasteiger partial charge is 0.267 e. The van der Waals surface area contributed by atoms with Crippen LogP contribution in [0.5, 0.6) is 0 Å². The molecule has 4 nitrogen and oxygen atoms in total. The van der Waals surface area contributed by atoms with Gasteiger partial charge in [-0.15, -0.1) is 0 Å². The van der Waals surface area contributed by atoms with E-state index in [-0.39, 0.29) is 5.91 Å². The average molecular weight is 321 g/mol. The maximum Gasteiger partial charge on any atom is 0.317 e. The molecular weight excluding hydrogens is 300 g/mol. The first kappa shape index (κ1) is 18.1. The molecule has 0 bridgehead atoms. The largest absolute Gasteiger partial charge is 0.317 e. The molecule has 1 rings (SSSR count). The number of carbonyl (C=O) groups excluding carboxylic acids is 2. The molecule has 0 aliphatic carbocycles. The fourth-order valence-electron chi connectivity index (χ4n) is 1.61. The van der Waals surface area contributed by atoms with E-state index in [0.717, 1.165) is 6.42 Å². The maximum absolute atomic E-state index is 12.3. The van der Waals surface area contributed by atoms with Gasteiger partial charge in [-0.2, -0.15) is 0 Å². The molecule has 0 unspecified atom stereocenters. The van der Waals surface area contributed by atoms with Crippen molar-refractivity contribution in [3.63, 3.8) is 0 Å². The molecule has 0 fully saturated rings. The second-order valence-electron chi connectivity index (χ2n) is 5.81. The van der Waals surface area contributed by atoms with Crippen LogP contribution in [0.4, 0.5) is 0 Å². The second-order valence-corrected chi connectivity index (χ2v) is 6.25. The lowest BCUT2D eigenvalue weighted by atomic mass is 10.1. The van der Waals surface area contributed by atoms with Crippen molar-refractivity contribution in [2.45, 2.75) is 46.1 Å². The topological polar surface area (TPSA) is 49.4 Å². The quantitative estimate of drug-likeness (QED) is 0.670. The zero-order valence-electron chi connectivity index (χ0n) is 13.4. The van der Waals surface area contributed by atoms with E-state index in [1.54, 1.807) is 24.3 Å². The standard InChI is InChI=1S/C17H21ClN2O2/c1-5-6-7-8-15(21)20(17(2,3)4)19-16(22)13-9-11-14(18)12-10-13/h9-12H,5-6H2,1-4H3,(H,19,22). The SMILES string of the molecule is CCCC#CC(=O)N(NC(=O)c1ccc(Cl)cc1)C(C)(C)C. The van der Waals surface area contributed by atoms with Gasteiger partial charge >= 0.3 is 5.91 Å². The summed E-state index contributed by atoms with van der Waals surface area (Å²) < 4.78 is 0. The first-order valence-electron chi connectivity index (χ1n) is 7.15. The molecule has 0 aliphatic rings. The van der Waals surface area contributed by atoms with Crippen molar-refractivity contribution in [1.29, 1.82) is 0 Å². The van der Waals surface area contributed by atoms with Crippen LogP contribution in [0.25, 0.3) is 0 Å². The van der Waals surface area contributed by atoms with Gasteiger partial charge in [0, 0.05) is 17.0 Å². The lowest BCUT2D eigenvalue weighted by molar-refractivity contribution is -0.132. The average Bonchev–Trinajstić information content (AvgIpc) is 2.44. The molecular formula is C17H21ClN2O2. The Morgan fingerprint density at radius 3 is 2.32 bits per heavy atom. The Morgan fingerprint density at radius 1 is 1.23 bits per heavy atom. The van der Waals surface area contributed by atoms with Gasteiger partial charge in [-0.3, -0.25) is 15.0 Å². The van der Waals surface area contributed by atoms with Crippen molar-refractivity contribution in [2.75, 3.05) is 0 Å². The number of benzene rings is 1. The van der Waals surface area contributed by atoms with Crippen LogP contribution in [0.3, 0.4) is 0 Å². The summed E-state index contributed by atoms with van der Waals surface area (Å²) in [5.74, 6) is 4.55. The number of nitrogens with zero attached hydrogens (tertiary/aromatic N) is 1. The number of carbonyl (C=O) groups is 2. The summed E-state index contributed by atoms with van der Waals surface area (Å²) >= 11 is 5.80. The number of halogens is 1. The van der Waals surface area contributed by atoms with Crippen molar-refractivity contribution in [3.05, 3.63) is 34.9 Å². The number of hydrogen-bond acceptors (Lipinski definition) is 2. The molecule has 0 radical (unpaired) electrons. The lowest BCUT2D eigenvalue weighted by Crippen LogP contribution is -2.55. The minimum atomic E-state index is -0.583. The van der Waals surface area contributed by atoms with E-state index >= 15 is 0 Å². The summed E-state index contributed by atoms with van der Waals surface area (Å²) in [6, 6.07) is 6.46. The van der Waals surface area contributed by atoms with Gasteiger partial charge in [0.05, 0.1) is 5.54 Å². The van der Waals surface area contributed by atoms with Gasteiger partial charge in [-0.25, -0.2) is 5.01 Å². The van der Waals surface area contributed by atoms with Crippen LogP contribution in [0.2, 0.25) is 5.02 Å². The highest BCUT2D eigenvalue weighted by molar-refractivity contribution is 6.30. The number of nitrogens with one attached hydrogen (secondary N) is 1. The van der Waals surface area contributed by atoms with Crippen LogP contribution in [-0.4, -0.2) is 22.4 Å². The minimum absolute atomic E-state index is 0.378. The van der Waals surface area contributed by atoms with Gasteiger partial charge in [0.2, 0.25) is 0 Å². The molecule has 1 N–H and O–H groups in total. The first-order chi connectivity index (χ1) is 10.3. The number of hydrogen-bond donors (Lipinski definition) is 1. The van der Waals surface area contributed by atoms with Gasteiger partial charge < -0.3 is 0 Å². The molecule has 118 valence electrons. The van der Waals surface area contributed by atoms with Crippen molar-refractivity contribution in [2.24, 2.45) is 0 Å². The third-order valence-corrected chi connectivity index (χ3v) is 3.02. The highest BCUT2D eigenvalue weighted by atomic mass is 35.5. The monoisotopic (exact) mass is 320 g/mol. The Morgan fingerprint density at radius 2 is 1.82 bits per heavy atom. The predicted octanol–water partition coefficient (Wildman–Crippen LogP) is 3.42. The number of hydrazine groups is 1. The molecule has 0 heterocycles. The molecule has 0 saturated heterocycles. The zero-order valence-corrected chi connectivity index (χ0v) is 14.1. The van der Waals surface area contributed by atoms with Crippen LogP contribution in [0, 0.1) is 11.8 Å².